The molecule has 0 radical (unpaired) electrons. The molecule has 32 heteroatoms. The van der Waals surface area contributed by atoms with E-state index in [0.29, 0.717) is 6.92 Å². The highest BCUT2D eigenvalue weighted by molar-refractivity contribution is 4.77. The predicted octanol–water partition coefficient (Wildman–Crippen LogP) is 14.8. The molecule has 0 aromatic rings. The van der Waals surface area contributed by atoms with Crippen LogP contribution >= 0.6 is 0 Å². The Morgan fingerprint density at radius 1 is 0.390 bits per heavy atom. The van der Waals surface area contributed by atoms with E-state index < -0.39 is 82.8 Å². The Labute approximate surface area is 325 Å². The summed E-state index contributed by atoms with van der Waals surface area (Å²) >= 11 is 0. The Balaban J connectivity index is -0.0000000363. The van der Waals surface area contributed by atoms with E-state index in [-0.39, 0.29) is 13.3 Å². The van der Waals surface area contributed by atoms with Crippen molar-refractivity contribution >= 4 is 0 Å². The van der Waals surface area contributed by atoms with Crippen molar-refractivity contribution in [2.45, 2.75) is 97.4 Å². The van der Waals surface area contributed by atoms with E-state index in [1.54, 1.807) is 0 Å². The van der Waals surface area contributed by atoms with Crippen molar-refractivity contribution in [3.8, 4) is 0 Å². The van der Waals surface area contributed by atoms with Gasteiger partial charge < -0.3 is 4.74 Å². The lowest BCUT2D eigenvalue weighted by molar-refractivity contribution is -0.373. The zero-order valence-electron chi connectivity index (χ0n) is 33.6. The van der Waals surface area contributed by atoms with Gasteiger partial charge in [0.2, 0.25) is 20.8 Å². The summed E-state index contributed by atoms with van der Waals surface area (Å²) in [5.41, 5.74) is -3.48. The van der Waals surface area contributed by atoms with E-state index in [4.69, 9.17) is 0 Å². The maximum Gasteiger partial charge on any atom is 0.416 e. The van der Waals surface area contributed by atoms with Crippen LogP contribution in [0.1, 0.15) is 61.8 Å². The van der Waals surface area contributed by atoms with Gasteiger partial charge in [-0.3, -0.25) is 8.78 Å². The van der Waals surface area contributed by atoms with Gasteiger partial charge in [0.05, 0.1) is 34.7 Å². The zero-order valence-corrected chi connectivity index (χ0v) is 33.6. The van der Waals surface area contributed by atoms with Gasteiger partial charge >= 0.3 is 18.5 Å². The van der Waals surface area contributed by atoms with Gasteiger partial charge in [0.25, 0.3) is 5.92 Å². The van der Waals surface area contributed by atoms with Gasteiger partial charge in [-0.05, 0) is 64.2 Å². The number of hydrogen-bond acceptors (Lipinski definition) is 6. The van der Waals surface area contributed by atoms with Crippen molar-refractivity contribution < 1.29 is 144 Å². The van der Waals surface area contributed by atoms with Crippen LogP contribution in [0.3, 0.4) is 0 Å². The summed E-state index contributed by atoms with van der Waals surface area (Å²) in [5.74, 6) is -3.12. The molecule has 0 aliphatic rings. The topological polar surface area (TPSA) is 55.4 Å². The molecule has 0 spiro atoms. The standard InChI is InChI=1S/C5H9F3O2.C4H8F2O.2C3H5F3.C2H2F4.2C2H5F.3CH2F2.3CH3FO/c1-4(2,10-8)5(6,7)9-3;1-4(2,3-5)7-6;1-3(5,6)2-4;1-2-3(4,5)6;3-1-2(4,5)6;2*1-2-3;3*2-1-3;3*1-3-2/h1-3H3;3H2,1-2H3;2*2H2,1H3;1H2;2*2H2,1H3;3*1H2;3*1H3. The van der Waals surface area contributed by atoms with Gasteiger partial charge in [0.1, 0.15) is 12.3 Å². The first-order valence-corrected chi connectivity index (χ1v) is 14.1. The Hall–Kier alpha value is -2.06. The molecular weight excluding hydrogens is 914 g/mol. The molecule has 0 aliphatic carbocycles. The SMILES string of the molecule is CC(C)(CF)OF.CC(F)(F)CF.CCC(F)(F)F.CCF.CCF.COC(F)(F)C(C)(C)OF.COF.COF.COF.FCC(F)(F)F.FCF.FCF.FCF. The fourth-order valence-corrected chi connectivity index (χ4v) is 0.311. The van der Waals surface area contributed by atoms with E-state index in [9.17, 15) is 115 Å². The van der Waals surface area contributed by atoms with Crippen LogP contribution in [0, 0.1) is 0 Å². The minimum Gasteiger partial charge on any atom is -0.321 e. The second kappa shape index (κ2) is 70.5. The number of halogens is 26. The maximum absolute atomic E-state index is 12.3. The van der Waals surface area contributed by atoms with Crippen molar-refractivity contribution in [2.24, 2.45) is 0 Å². The Kier molecular flexibility index (Phi) is 110. The molecule has 0 aromatic carbocycles. The van der Waals surface area contributed by atoms with Gasteiger partial charge in [-0.2, -0.15) is 59.8 Å². The molecule has 0 atom stereocenters. The molecule has 0 bridgehead atoms. The summed E-state index contributed by atoms with van der Waals surface area (Å²) < 4.78 is 277. The predicted molar refractivity (Wildman–Crippen MR) is 164 cm³/mol. The van der Waals surface area contributed by atoms with Crippen molar-refractivity contribution in [1.29, 1.82) is 0 Å². The number of ether oxygens (including phenoxy) is 1. The molecule has 0 saturated carbocycles. The van der Waals surface area contributed by atoms with E-state index >= 15 is 0 Å². The van der Waals surface area contributed by atoms with Gasteiger partial charge in [-0.25, -0.2) is 48.3 Å². The lowest BCUT2D eigenvalue weighted by Gasteiger charge is -2.27. The summed E-state index contributed by atoms with van der Waals surface area (Å²) in [6.07, 6.45) is -12.9. The first kappa shape index (κ1) is 92.3. The molecule has 0 aliphatic heterocycles. The highest BCUT2D eigenvalue weighted by Gasteiger charge is 2.50. The highest BCUT2D eigenvalue weighted by atomic mass is 19.4. The number of alkyl halides is 21. The first-order chi connectivity index (χ1) is 26.5. The van der Waals surface area contributed by atoms with Gasteiger partial charge in [0.15, 0.2) is 19.0 Å². The molecule has 0 aromatic heterocycles. The van der Waals surface area contributed by atoms with Crippen molar-refractivity contribution in [3.63, 3.8) is 0 Å². The van der Waals surface area contributed by atoms with Crippen molar-refractivity contribution in [2.75, 3.05) is 82.6 Å². The maximum atomic E-state index is 12.3. The molecular formula is C27H54F26O6. The van der Waals surface area contributed by atoms with Gasteiger partial charge in [-0.15, -0.1) is 0 Å². The second-order valence-corrected chi connectivity index (χ2v) is 8.50. The molecule has 0 heterocycles. The lowest BCUT2D eigenvalue weighted by Crippen LogP contribution is -2.44. The zero-order chi connectivity index (χ0) is 51.6. The van der Waals surface area contributed by atoms with E-state index in [1.807, 2.05) is 0 Å². The van der Waals surface area contributed by atoms with E-state index in [0.717, 1.165) is 49.2 Å². The minimum atomic E-state index is -4.62. The monoisotopic (exact) mass is 968 g/mol. The van der Waals surface area contributed by atoms with Crippen LogP contribution < -0.4 is 0 Å². The largest absolute Gasteiger partial charge is 0.416 e. The van der Waals surface area contributed by atoms with Crippen LogP contribution in [0.2, 0.25) is 0 Å². The van der Waals surface area contributed by atoms with E-state index in [1.165, 1.54) is 27.7 Å². The van der Waals surface area contributed by atoms with Crippen molar-refractivity contribution in [3.05, 3.63) is 0 Å². The van der Waals surface area contributed by atoms with Crippen LogP contribution in [0.4, 0.5) is 115 Å². The number of hydrogen-bond donors (Lipinski definition) is 0. The summed E-state index contributed by atoms with van der Waals surface area (Å²) in [4.78, 5) is 14.5. The molecule has 0 amide bonds. The second-order valence-electron chi connectivity index (χ2n) is 8.50. The molecule has 0 rings (SSSR count). The van der Waals surface area contributed by atoms with E-state index in [2.05, 4.69) is 29.4 Å². The van der Waals surface area contributed by atoms with Crippen LogP contribution in [0.15, 0.2) is 0 Å². The van der Waals surface area contributed by atoms with Crippen LogP contribution in [0.5, 0.6) is 0 Å². The van der Waals surface area contributed by atoms with Gasteiger partial charge in [-0.1, -0.05) is 6.92 Å². The first-order valence-electron chi connectivity index (χ1n) is 14.1. The molecule has 59 heavy (non-hydrogen) atoms. The Morgan fingerprint density at radius 2 is 0.559 bits per heavy atom. The molecule has 0 fully saturated rings. The average Bonchev–Trinajstić information content (AvgIpc) is 3.11. The third-order valence-electron chi connectivity index (χ3n) is 2.47. The fourth-order valence-electron chi connectivity index (χ4n) is 0.311. The molecule has 6 nitrogen and oxygen atoms in total. The van der Waals surface area contributed by atoms with Crippen LogP contribution in [0.25, 0.3) is 0 Å². The van der Waals surface area contributed by atoms with Crippen molar-refractivity contribution in [1.82, 2.24) is 0 Å². The summed E-state index contributed by atoms with van der Waals surface area (Å²) in [7, 11) is 3.65. The molecule has 0 unspecified atom stereocenters. The lowest BCUT2D eigenvalue weighted by atomic mass is 10.1. The smallest absolute Gasteiger partial charge is 0.321 e. The number of methoxy groups -OCH3 is 1. The third-order valence-corrected chi connectivity index (χ3v) is 2.47. The third kappa shape index (κ3) is 208. The summed E-state index contributed by atoms with van der Waals surface area (Å²) in [5, 5.41) is 0. The average molecular weight is 969 g/mol. The summed E-state index contributed by atoms with van der Waals surface area (Å²) in [6.45, 7) is -1.39. The number of rotatable bonds is 6. The Morgan fingerprint density at radius 3 is 0.576 bits per heavy atom. The van der Waals surface area contributed by atoms with Gasteiger partial charge in [0, 0.05) is 20.5 Å². The molecule has 380 valence electrons. The molecule has 0 N–H and O–H groups in total. The molecule has 0 saturated heterocycles. The Bertz CT molecular complexity index is 542. The fraction of sp³-hybridized carbons (Fsp3) is 1.00. The van der Waals surface area contributed by atoms with Crippen LogP contribution in [-0.4, -0.2) is 118 Å². The summed E-state index contributed by atoms with van der Waals surface area (Å²) in [6, 6.07) is 0. The minimum absolute atomic E-state index is 0.250. The quantitative estimate of drug-likeness (QED) is 0.247. The normalized spacial score (nSPS) is 9.86. The van der Waals surface area contributed by atoms with Crippen LogP contribution in [-0.2, 0) is 29.4 Å². The highest BCUT2D eigenvalue weighted by Crippen LogP contribution is 2.32.